The minimum atomic E-state index is -3.99. The van der Waals surface area contributed by atoms with Crippen molar-refractivity contribution in [3.8, 4) is 0 Å². The summed E-state index contributed by atoms with van der Waals surface area (Å²) in [6, 6.07) is 0. The lowest BCUT2D eigenvalue weighted by molar-refractivity contribution is -0.0502. The van der Waals surface area contributed by atoms with Crippen LogP contribution in [0.15, 0.2) is 28.6 Å². The van der Waals surface area contributed by atoms with Crippen LogP contribution >= 0.6 is 19.0 Å². The quantitative estimate of drug-likeness (QED) is 0.191. The molecule has 0 aromatic carbocycles. The molecular weight excluding hydrogens is 572 g/mol. The molecule has 4 N–H and O–H groups in total. The topological polar surface area (TPSA) is 207 Å². The summed E-state index contributed by atoms with van der Waals surface area (Å²) in [5, 5.41) is 0. The van der Waals surface area contributed by atoms with Crippen LogP contribution < -0.4 is 16.9 Å². The van der Waals surface area contributed by atoms with Crippen molar-refractivity contribution in [3.63, 3.8) is 0 Å². The number of nitrogens with two attached hydrogens (primary N) is 1. The molecule has 19 heteroatoms. The van der Waals surface area contributed by atoms with Gasteiger partial charge in [-0.2, -0.15) is 4.98 Å². The van der Waals surface area contributed by atoms with E-state index in [4.69, 9.17) is 24.3 Å². The third kappa shape index (κ3) is 4.26. The predicted molar refractivity (Wildman–Crippen MR) is 138 cm³/mol. The van der Waals surface area contributed by atoms with Crippen molar-refractivity contribution < 1.29 is 27.5 Å². The van der Waals surface area contributed by atoms with Crippen molar-refractivity contribution in [2.75, 3.05) is 12.3 Å². The Labute approximate surface area is 228 Å². The van der Waals surface area contributed by atoms with Crippen molar-refractivity contribution in [1.29, 1.82) is 0 Å². The van der Waals surface area contributed by atoms with Crippen molar-refractivity contribution in [1.82, 2.24) is 39.0 Å². The number of rotatable bonds is 2. The van der Waals surface area contributed by atoms with E-state index >= 15 is 4.39 Å². The van der Waals surface area contributed by atoms with E-state index in [-0.39, 0.29) is 41.3 Å². The summed E-state index contributed by atoms with van der Waals surface area (Å²) in [6.07, 6.45) is -0.673. The third-order valence-electron chi connectivity index (χ3n) is 7.47. The molecule has 3 aliphatic rings. The fourth-order valence-electron chi connectivity index (χ4n) is 5.67. The van der Waals surface area contributed by atoms with E-state index < -0.39 is 60.8 Å². The lowest BCUT2D eigenvalue weighted by atomic mass is 9.92. The number of nitrogens with zero attached hydrogens (tertiary/aromatic N) is 6. The van der Waals surface area contributed by atoms with Gasteiger partial charge in [-0.3, -0.25) is 32.8 Å². The van der Waals surface area contributed by atoms with Crippen LogP contribution in [0.5, 0.6) is 0 Å². The number of ether oxygens (including phenoxy) is 2. The first-order chi connectivity index (χ1) is 19.2. The van der Waals surface area contributed by atoms with Crippen LogP contribution in [-0.4, -0.2) is 70.1 Å². The molecule has 3 fully saturated rings. The Morgan fingerprint density at radius 2 is 1.77 bits per heavy atom. The minimum absolute atomic E-state index is 0.0483. The molecule has 0 amide bonds. The van der Waals surface area contributed by atoms with Gasteiger partial charge in [0.25, 0.3) is 11.1 Å². The molecule has 0 spiro atoms. The molecule has 3 saturated heterocycles. The fourth-order valence-corrected chi connectivity index (χ4v) is 7.16. The number of halogens is 1. The number of alkyl halides is 1. The first-order valence-electron chi connectivity index (χ1n) is 12.4. The Hall–Kier alpha value is -3.15. The number of anilines is 1. The van der Waals surface area contributed by atoms with Crippen molar-refractivity contribution >= 4 is 47.3 Å². The van der Waals surface area contributed by atoms with Gasteiger partial charge in [-0.1, -0.05) is 12.2 Å². The molecule has 7 rings (SSSR count). The lowest BCUT2D eigenvalue weighted by Crippen LogP contribution is -2.28. The summed E-state index contributed by atoms with van der Waals surface area (Å²) in [6.45, 7) is -4.25. The van der Waals surface area contributed by atoms with Gasteiger partial charge in [-0.05, 0) is 12.8 Å². The van der Waals surface area contributed by atoms with E-state index in [2.05, 4.69) is 42.2 Å². The standard InChI is InChI=1S/C21H23FN9O7PS/c22-12-9-2-1-8-3-10(19(36-8)31-7-27-14-16(31)28-21(23)29-18(14)33)38-39(34,40)35-4-11(9)37-20(12)30-6-26-13-15(30)24-5-25-17(13)32/h5-12,19-20H,1-4H2,(H,34,40)(H,24,25,32)(H3,23,28,29,33)/t8?,9-,10-,11-,12+,19-,20-,39?/m1/s1. The molecule has 2 bridgehead atoms. The number of thiol groups is 1. The molecule has 7 heterocycles. The maximum absolute atomic E-state index is 16.0. The largest absolute Gasteiger partial charge is 0.386 e. The molecule has 0 aliphatic carbocycles. The van der Waals surface area contributed by atoms with Gasteiger partial charge in [0.1, 0.15) is 6.10 Å². The Bertz CT molecular complexity index is 1780. The number of nitrogen functional groups attached to an aromatic ring is 1. The monoisotopic (exact) mass is 595 g/mol. The first kappa shape index (κ1) is 25.8. The Balaban J connectivity index is 1.18. The average Bonchev–Trinajstić information content (AvgIpc) is 3.66. The second kappa shape index (κ2) is 9.46. The summed E-state index contributed by atoms with van der Waals surface area (Å²) >= 11 is 4.15. The summed E-state index contributed by atoms with van der Waals surface area (Å²) < 4.78 is 55.8. The summed E-state index contributed by atoms with van der Waals surface area (Å²) in [5.74, 6) is -0.781. The summed E-state index contributed by atoms with van der Waals surface area (Å²) in [4.78, 5) is 45.6. The van der Waals surface area contributed by atoms with Crippen LogP contribution in [-0.2, 0) is 23.1 Å². The van der Waals surface area contributed by atoms with E-state index in [1.165, 1.54) is 28.1 Å². The molecule has 4 aromatic heterocycles. The van der Waals surface area contributed by atoms with Gasteiger partial charge in [-0.15, -0.1) is 0 Å². The summed E-state index contributed by atoms with van der Waals surface area (Å²) in [7, 11) is 0. The number of nitrogens with one attached hydrogen (secondary N) is 2. The van der Waals surface area contributed by atoms with Gasteiger partial charge in [0.2, 0.25) is 5.95 Å². The number of hydrogen-bond acceptors (Lipinski definition) is 12. The Kier molecular flexibility index (Phi) is 6.10. The van der Waals surface area contributed by atoms with Gasteiger partial charge >= 0.3 is 6.80 Å². The van der Waals surface area contributed by atoms with Crippen LogP contribution in [0.2, 0.25) is 0 Å². The Morgan fingerprint density at radius 3 is 2.58 bits per heavy atom. The maximum atomic E-state index is 16.0. The predicted octanol–water partition coefficient (Wildman–Crippen LogP) is 1.21. The highest BCUT2D eigenvalue weighted by Gasteiger charge is 2.49. The Morgan fingerprint density at radius 1 is 1.02 bits per heavy atom. The molecule has 2 unspecified atom stereocenters. The smallest absolute Gasteiger partial charge is 0.369 e. The third-order valence-corrected chi connectivity index (χ3v) is 9.12. The molecule has 0 radical (unpaired) electrons. The fraction of sp³-hybridized carbons (Fsp3) is 0.524. The van der Waals surface area contributed by atoms with E-state index in [1.807, 2.05) is 0 Å². The highest BCUT2D eigenvalue weighted by atomic mass is 32.7. The van der Waals surface area contributed by atoms with Crippen molar-refractivity contribution in [3.05, 3.63) is 39.7 Å². The molecule has 212 valence electrons. The van der Waals surface area contributed by atoms with Gasteiger partial charge in [0, 0.05) is 12.3 Å². The minimum Gasteiger partial charge on any atom is -0.369 e. The highest BCUT2D eigenvalue weighted by molar-refractivity contribution is 8.44. The maximum Gasteiger partial charge on any atom is 0.386 e. The number of fused-ring (bicyclic) bond motifs is 5. The highest BCUT2D eigenvalue weighted by Crippen LogP contribution is 2.58. The second-order valence-corrected chi connectivity index (χ2v) is 12.8. The zero-order chi connectivity index (χ0) is 27.8. The van der Waals surface area contributed by atoms with Crippen LogP contribution in [0.4, 0.5) is 10.3 Å². The average molecular weight is 596 g/mol. The molecule has 0 saturated carbocycles. The molecule has 40 heavy (non-hydrogen) atoms. The number of aromatic amines is 2. The summed E-state index contributed by atoms with van der Waals surface area (Å²) in [5.41, 5.74) is 5.19. The molecule has 16 nitrogen and oxygen atoms in total. The van der Waals surface area contributed by atoms with Crippen LogP contribution in [0.1, 0.15) is 31.7 Å². The van der Waals surface area contributed by atoms with Crippen LogP contribution in [0.3, 0.4) is 0 Å². The number of imidazole rings is 2. The van der Waals surface area contributed by atoms with Gasteiger partial charge < -0.3 is 20.2 Å². The number of hydrogen-bond donors (Lipinski definition) is 4. The van der Waals surface area contributed by atoms with Gasteiger partial charge in [0.15, 0.2) is 41.0 Å². The number of H-pyrrole nitrogens is 2. The van der Waals surface area contributed by atoms with Crippen molar-refractivity contribution in [2.24, 2.45) is 5.92 Å². The van der Waals surface area contributed by atoms with E-state index in [1.54, 1.807) is 0 Å². The van der Waals surface area contributed by atoms with E-state index in [9.17, 15) is 14.2 Å². The second-order valence-electron chi connectivity index (χ2n) is 9.87. The van der Waals surface area contributed by atoms with E-state index in [0.717, 1.165) is 0 Å². The van der Waals surface area contributed by atoms with E-state index in [0.29, 0.717) is 12.8 Å². The normalized spacial score (nSPS) is 34.7. The molecule has 8 atom stereocenters. The van der Waals surface area contributed by atoms with Crippen LogP contribution in [0.25, 0.3) is 22.3 Å². The zero-order valence-electron chi connectivity index (χ0n) is 20.5. The molecule has 3 aliphatic heterocycles. The SMILES string of the molecule is Nc1nc2c(ncn2[C@@H]2OC3CC[C@H]4[C@H](F)[C@H](n5cnc6c(=O)[nH]cnc65)O[C@@H]4COP(=O)(S)O[C@@H]2C3)c(=O)[nH]1. The van der Waals surface area contributed by atoms with Crippen molar-refractivity contribution in [2.45, 2.75) is 56.2 Å². The van der Waals surface area contributed by atoms with Gasteiger partial charge in [-0.25, -0.2) is 23.9 Å². The molecular formula is C21H23FN9O7PS. The van der Waals surface area contributed by atoms with Crippen LogP contribution in [0, 0.1) is 5.92 Å². The number of aromatic nitrogens is 8. The first-order valence-corrected chi connectivity index (χ1v) is 15.1. The van der Waals surface area contributed by atoms with Gasteiger partial charge in [0.05, 0.1) is 37.8 Å². The lowest BCUT2D eigenvalue weighted by Gasteiger charge is -2.25. The zero-order valence-corrected chi connectivity index (χ0v) is 22.3. The molecule has 4 aromatic rings.